The molecule has 73 heavy (non-hydrogen) atoms. The van der Waals surface area contributed by atoms with Crippen molar-refractivity contribution in [3.63, 3.8) is 0 Å². The van der Waals surface area contributed by atoms with E-state index in [2.05, 4.69) is 42.5 Å². The number of hydrogen-bond donors (Lipinski definition) is 14. The number of aliphatic carboxylic acids is 1. The normalized spacial score (nSPS) is 15.4. The molecule has 10 atom stereocenters. The van der Waals surface area contributed by atoms with Gasteiger partial charge in [0.1, 0.15) is 48.3 Å². The fourth-order valence-electron chi connectivity index (χ4n) is 7.46. The van der Waals surface area contributed by atoms with Gasteiger partial charge in [0.25, 0.3) is 0 Å². The van der Waals surface area contributed by atoms with Crippen molar-refractivity contribution in [1.82, 2.24) is 42.5 Å². The monoisotopic (exact) mass is 1030 g/mol. The van der Waals surface area contributed by atoms with Gasteiger partial charge in [-0.3, -0.25) is 43.2 Å². The van der Waals surface area contributed by atoms with Crippen molar-refractivity contribution in [2.45, 2.75) is 180 Å². The summed E-state index contributed by atoms with van der Waals surface area (Å²) in [5.74, 6) is -9.89. The zero-order valence-corrected chi connectivity index (χ0v) is 43.7. The molecule has 0 unspecified atom stereocenters. The summed E-state index contributed by atoms with van der Waals surface area (Å²) in [6.45, 7) is 13.5. The lowest BCUT2D eigenvalue weighted by atomic mass is 10.00. The molecule has 0 aliphatic carbocycles. The average Bonchev–Trinajstić information content (AvgIpc) is 3.30. The predicted molar refractivity (Wildman–Crippen MR) is 272 cm³/mol. The third kappa shape index (κ3) is 24.8. The number of aliphatic hydroxyl groups excluding tert-OH is 1. The van der Waals surface area contributed by atoms with Crippen molar-refractivity contribution in [3.8, 4) is 0 Å². The van der Waals surface area contributed by atoms with Gasteiger partial charge in [0.15, 0.2) is 0 Å². The highest BCUT2D eigenvalue weighted by molar-refractivity contribution is 5.98. The molecule has 0 radical (unpaired) electrons. The van der Waals surface area contributed by atoms with Gasteiger partial charge >= 0.3 is 5.97 Å². The standard InChI is InChI=1S/C49H84N12O12/c1-26(2)22-34(56-42(65)32(52)18-12-14-20-50)44(67)58-36(24-31-16-10-9-11-17-31)46(69)61-40(30(8)62)48(71)54-29(7)41(64)55-33(19-13-15-21-51)43(66)57-35(23-27(3)4)45(68)59-37(25-38(53)63)47(70)60-39(28(5)6)49(72)73/h9-11,16-17,26-30,32-37,39-40,62H,12-15,18-25,50-52H2,1-8H3,(H2,53,63)(H,54,71)(H,55,64)(H,56,65)(H,57,66)(H,58,67)(H,59,68)(H,60,70)(H,61,69)(H,72,73)/t29-,30+,32-,33-,34-,35-,36-,37-,39-,40-/m0/s1. The van der Waals surface area contributed by atoms with E-state index in [1.165, 1.54) is 13.8 Å². The van der Waals surface area contributed by atoms with Crippen molar-refractivity contribution < 1.29 is 58.2 Å². The van der Waals surface area contributed by atoms with Crippen molar-refractivity contribution in [3.05, 3.63) is 35.9 Å². The zero-order chi connectivity index (χ0) is 55.5. The Morgan fingerprint density at radius 3 is 1.42 bits per heavy atom. The summed E-state index contributed by atoms with van der Waals surface area (Å²) in [4.78, 5) is 133. The molecule has 412 valence electrons. The molecule has 1 aromatic carbocycles. The maximum absolute atomic E-state index is 14.1. The Hall–Kier alpha value is -6.24. The first kappa shape index (κ1) is 64.8. The molecule has 24 heteroatoms. The summed E-state index contributed by atoms with van der Waals surface area (Å²) >= 11 is 0. The van der Waals surface area contributed by atoms with Crippen LogP contribution in [0.4, 0.5) is 0 Å². The van der Waals surface area contributed by atoms with E-state index < -0.39 is 132 Å². The van der Waals surface area contributed by atoms with Crippen molar-refractivity contribution >= 4 is 59.1 Å². The van der Waals surface area contributed by atoms with Crippen LogP contribution < -0.4 is 65.5 Å². The quantitative estimate of drug-likeness (QED) is 0.0321. The third-order valence-electron chi connectivity index (χ3n) is 11.6. The van der Waals surface area contributed by atoms with Crippen molar-refractivity contribution in [2.75, 3.05) is 13.1 Å². The number of aliphatic hydroxyl groups is 1. The van der Waals surface area contributed by atoms with Crippen LogP contribution in [-0.2, 0) is 54.4 Å². The Morgan fingerprint density at radius 2 is 0.945 bits per heavy atom. The smallest absolute Gasteiger partial charge is 0.326 e. The molecule has 0 heterocycles. The van der Waals surface area contributed by atoms with Gasteiger partial charge in [-0.15, -0.1) is 0 Å². The van der Waals surface area contributed by atoms with Crippen molar-refractivity contribution in [1.29, 1.82) is 0 Å². The maximum Gasteiger partial charge on any atom is 0.326 e. The number of amides is 9. The van der Waals surface area contributed by atoms with E-state index in [4.69, 9.17) is 22.9 Å². The molecule has 24 nitrogen and oxygen atoms in total. The van der Waals surface area contributed by atoms with E-state index in [0.717, 1.165) is 0 Å². The molecule has 1 aromatic rings. The van der Waals surface area contributed by atoms with Crippen LogP contribution in [0.3, 0.4) is 0 Å². The molecule has 0 spiro atoms. The van der Waals surface area contributed by atoms with Gasteiger partial charge in [-0.1, -0.05) is 78.3 Å². The number of carboxylic acids is 1. The summed E-state index contributed by atoms with van der Waals surface area (Å²) in [6.07, 6.45) is 0.337. The van der Waals surface area contributed by atoms with Gasteiger partial charge in [0.2, 0.25) is 53.2 Å². The first-order valence-electron chi connectivity index (χ1n) is 25.0. The van der Waals surface area contributed by atoms with Crippen LogP contribution in [0.1, 0.15) is 119 Å². The SMILES string of the molecule is CC(C)C[C@H](NC(=O)[C@H](CCCCN)NC(=O)[C@H](C)NC(=O)[C@@H](NC(=O)[C@H](Cc1ccccc1)NC(=O)[C@H](CC(C)C)NC(=O)[C@@H](N)CCCCN)[C@@H](C)O)C(=O)N[C@@H](CC(N)=O)C(=O)N[C@H](C(=O)O)C(C)C. The molecule has 0 aliphatic heterocycles. The Morgan fingerprint density at radius 1 is 0.507 bits per heavy atom. The summed E-state index contributed by atoms with van der Waals surface area (Å²) < 4.78 is 0. The highest BCUT2D eigenvalue weighted by Crippen LogP contribution is 2.12. The van der Waals surface area contributed by atoms with Crippen LogP contribution in [0.2, 0.25) is 0 Å². The van der Waals surface area contributed by atoms with Gasteiger partial charge in [-0.05, 0) is 95.2 Å². The Kier molecular flexibility index (Phi) is 29.7. The number of primary amides is 1. The second-order valence-electron chi connectivity index (χ2n) is 19.6. The largest absolute Gasteiger partial charge is 0.480 e. The predicted octanol–water partition coefficient (Wildman–Crippen LogP) is -2.20. The van der Waals surface area contributed by atoms with E-state index >= 15 is 0 Å². The molecular formula is C49H84N12O12. The minimum absolute atomic E-state index is 0.0181. The summed E-state index contributed by atoms with van der Waals surface area (Å²) in [5.41, 5.74) is 23.4. The Balaban J connectivity index is 3.36. The lowest BCUT2D eigenvalue weighted by Gasteiger charge is -2.28. The number of benzene rings is 1. The molecule has 0 aliphatic rings. The van der Waals surface area contributed by atoms with Crippen LogP contribution in [0.5, 0.6) is 0 Å². The highest BCUT2D eigenvalue weighted by Gasteiger charge is 2.36. The van der Waals surface area contributed by atoms with Crippen LogP contribution in [0.25, 0.3) is 0 Å². The van der Waals surface area contributed by atoms with Crippen LogP contribution >= 0.6 is 0 Å². The topological polar surface area (TPSA) is 411 Å². The molecule has 9 amide bonds. The lowest BCUT2D eigenvalue weighted by Crippen LogP contribution is -2.62. The van der Waals surface area contributed by atoms with E-state index in [1.807, 2.05) is 13.8 Å². The summed E-state index contributed by atoms with van der Waals surface area (Å²) in [6, 6.07) is -3.32. The first-order valence-corrected chi connectivity index (χ1v) is 25.0. The molecule has 0 saturated heterocycles. The van der Waals surface area contributed by atoms with Crippen LogP contribution in [0, 0.1) is 17.8 Å². The van der Waals surface area contributed by atoms with Crippen LogP contribution in [-0.4, -0.2) is 143 Å². The highest BCUT2D eigenvalue weighted by atomic mass is 16.4. The number of carbonyl (C=O) groups is 10. The van der Waals surface area contributed by atoms with Gasteiger partial charge in [0.05, 0.1) is 18.6 Å². The Bertz CT molecular complexity index is 1970. The Labute approximate surface area is 428 Å². The molecular weight excluding hydrogens is 949 g/mol. The number of hydrogen-bond acceptors (Lipinski definition) is 14. The van der Waals surface area contributed by atoms with E-state index in [9.17, 15) is 58.2 Å². The molecule has 0 fully saturated rings. The second-order valence-corrected chi connectivity index (χ2v) is 19.6. The van der Waals surface area contributed by atoms with Gasteiger partial charge in [0, 0.05) is 6.42 Å². The number of carboxylic acid groups (broad SMARTS) is 1. The number of nitrogens with two attached hydrogens (primary N) is 4. The lowest BCUT2D eigenvalue weighted by molar-refractivity contribution is -0.143. The number of nitrogens with one attached hydrogen (secondary N) is 8. The van der Waals surface area contributed by atoms with E-state index in [-0.39, 0.29) is 44.1 Å². The number of carbonyl (C=O) groups excluding carboxylic acids is 9. The minimum atomic E-state index is -1.67. The molecule has 0 saturated carbocycles. The fraction of sp³-hybridized carbons (Fsp3) is 0.673. The van der Waals surface area contributed by atoms with Crippen LogP contribution in [0.15, 0.2) is 30.3 Å². The summed E-state index contributed by atoms with van der Waals surface area (Å²) in [7, 11) is 0. The third-order valence-corrected chi connectivity index (χ3v) is 11.6. The van der Waals surface area contributed by atoms with E-state index in [1.54, 1.807) is 58.0 Å². The molecule has 0 bridgehead atoms. The van der Waals surface area contributed by atoms with Crippen molar-refractivity contribution in [2.24, 2.45) is 40.7 Å². The van der Waals surface area contributed by atoms with E-state index in [0.29, 0.717) is 44.2 Å². The molecule has 1 rings (SSSR count). The molecule has 0 aromatic heterocycles. The fourth-order valence-corrected chi connectivity index (χ4v) is 7.46. The van der Waals surface area contributed by atoms with Gasteiger partial charge in [-0.25, -0.2) is 4.79 Å². The summed E-state index contributed by atoms with van der Waals surface area (Å²) in [5, 5.41) is 40.6. The minimum Gasteiger partial charge on any atom is -0.480 e. The molecule has 18 N–H and O–H groups in total. The average molecular weight is 1030 g/mol. The maximum atomic E-state index is 14.1. The number of unbranched alkanes of at least 4 members (excludes halogenated alkanes) is 2. The van der Waals surface area contributed by atoms with Gasteiger partial charge in [-0.2, -0.15) is 0 Å². The number of rotatable bonds is 35. The first-order chi connectivity index (χ1) is 34.2. The second kappa shape index (κ2) is 33.5. The zero-order valence-electron chi connectivity index (χ0n) is 43.7. The van der Waals surface area contributed by atoms with Gasteiger partial charge < -0.3 is 75.7 Å².